The third kappa shape index (κ3) is 5.60. The monoisotopic (exact) mass is 860 g/mol. The summed E-state index contributed by atoms with van der Waals surface area (Å²) < 4.78 is 31.3. The molecule has 0 aliphatic rings. The summed E-state index contributed by atoms with van der Waals surface area (Å²) >= 11 is 9.58. The Balaban J connectivity index is 1.67. The maximum absolute atomic E-state index is 13.3. The Labute approximate surface area is 234 Å². The van der Waals surface area contributed by atoms with Gasteiger partial charge in [0.15, 0.2) is 0 Å². The SMILES string of the molecule is Fc1ccc(-c2cc(I)c(Cc3c(I)cc(-c4ccc(F)cc4)cc3I)c(I)c2)cc1. The Morgan fingerprint density at radius 1 is 0.452 bits per heavy atom. The van der Waals surface area contributed by atoms with Crippen molar-refractivity contribution in [1.29, 1.82) is 0 Å². The van der Waals surface area contributed by atoms with E-state index in [-0.39, 0.29) is 11.6 Å². The lowest BCUT2D eigenvalue weighted by atomic mass is 9.98. The van der Waals surface area contributed by atoms with Crippen LogP contribution in [-0.4, -0.2) is 0 Å². The fraction of sp³-hybridized carbons (Fsp3) is 0.0400. The van der Waals surface area contributed by atoms with Crippen LogP contribution < -0.4 is 0 Å². The molecule has 6 heteroatoms. The molecule has 0 radical (unpaired) electrons. The van der Waals surface area contributed by atoms with Gasteiger partial charge in [0.25, 0.3) is 0 Å². The van der Waals surface area contributed by atoms with Crippen LogP contribution in [0.5, 0.6) is 0 Å². The van der Waals surface area contributed by atoms with E-state index in [1.807, 2.05) is 24.3 Å². The standard InChI is InChI=1S/C25H14F2I4/c26-18-5-1-14(2-6-18)16-9-22(28)20(23(29)10-16)13-21-24(30)11-17(12-25(21)31)15-3-7-19(27)8-4-15/h1-12H,13H2. The van der Waals surface area contributed by atoms with Gasteiger partial charge in [-0.1, -0.05) is 24.3 Å². The summed E-state index contributed by atoms with van der Waals surface area (Å²) in [5.74, 6) is -0.448. The van der Waals surface area contributed by atoms with Crippen LogP contribution in [-0.2, 0) is 6.42 Å². The minimum atomic E-state index is -0.224. The van der Waals surface area contributed by atoms with Crippen molar-refractivity contribution < 1.29 is 8.78 Å². The van der Waals surface area contributed by atoms with Gasteiger partial charge >= 0.3 is 0 Å². The lowest BCUT2D eigenvalue weighted by Gasteiger charge is -2.15. The van der Waals surface area contributed by atoms with Gasteiger partial charge in [-0.2, -0.15) is 0 Å². The Morgan fingerprint density at radius 3 is 1.03 bits per heavy atom. The van der Waals surface area contributed by atoms with E-state index in [1.54, 1.807) is 0 Å². The Kier molecular flexibility index (Phi) is 7.90. The topological polar surface area (TPSA) is 0 Å². The number of rotatable bonds is 4. The summed E-state index contributed by atoms with van der Waals surface area (Å²) in [6.07, 6.45) is 0.834. The third-order valence-corrected chi connectivity index (χ3v) is 8.84. The second-order valence-corrected chi connectivity index (χ2v) is 11.7. The van der Waals surface area contributed by atoms with Crippen molar-refractivity contribution in [2.45, 2.75) is 6.42 Å². The van der Waals surface area contributed by atoms with Gasteiger partial charge in [0, 0.05) is 20.7 Å². The van der Waals surface area contributed by atoms with Gasteiger partial charge in [0.1, 0.15) is 11.6 Å². The zero-order chi connectivity index (χ0) is 22.1. The summed E-state index contributed by atoms with van der Waals surface area (Å²) in [6.45, 7) is 0. The molecule has 0 amide bonds. The molecule has 156 valence electrons. The summed E-state index contributed by atoms with van der Waals surface area (Å²) in [7, 11) is 0. The van der Waals surface area contributed by atoms with Crippen molar-refractivity contribution in [2.24, 2.45) is 0 Å². The van der Waals surface area contributed by atoms with Crippen LogP contribution in [0.2, 0.25) is 0 Å². The van der Waals surface area contributed by atoms with E-state index >= 15 is 0 Å². The van der Waals surface area contributed by atoms with Gasteiger partial charge in [-0.05, 0) is 172 Å². The number of benzene rings is 4. The highest BCUT2D eigenvalue weighted by molar-refractivity contribution is 14.1. The van der Waals surface area contributed by atoms with E-state index in [0.717, 1.165) is 28.7 Å². The van der Waals surface area contributed by atoms with Crippen molar-refractivity contribution in [3.63, 3.8) is 0 Å². The molecule has 0 spiro atoms. The number of hydrogen-bond donors (Lipinski definition) is 0. The van der Waals surface area contributed by atoms with E-state index in [9.17, 15) is 8.78 Å². The second-order valence-electron chi connectivity index (χ2n) is 7.03. The van der Waals surface area contributed by atoms with Crippen molar-refractivity contribution in [2.75, 3.05) is 0 Å². The predicted molar refractivity (Wildman–Crippen MR) is 157 cm³/mol. The van der Waals surface area contributed by atoms with E-state index in [4.69, 9.17) is 0 Å². The molecule has 4 rings (SSSR count). The van der Waals surface area contributed by atoms with Crippen molar-refractivity contribution in [1.82, 2.24) is 0 Å². The second kappa shape index (κ2) is 10.3. The van der Waals surface area contributed by atoms with E-state index in [0.29, 0.717) is 0 Å². The molecule has 0 aromatic heterocycles. The third-order valence-electron chi connectivity index (χ3n) is 4.99. The van der Waals surface area contributed by atoms with Gasteiger partial charge in [-0.3, -0.25) is 0 Å². The average molecular weight is 860 g/mol. The van der Waals surface area contributed by atoms with Crippen LogP contribution in [0, 0.1) is 25.9 Å². The van der Waals surface area contributed by atoms with Gasteiger partial charge in [0.05, 0.1) is 0 Å². The first-order chi connectivity index (χ1) is 14.8. The van der Waals surface area contributed by atoms with Gasteiger partial charge in [0.2, 0.25) is 0 Å². The molecule has 4 aromatic rings. The molecule has 4 aromatic carbocycles. The molecule has 0 bridgehead atoms. The molecular formula is C25H14F2I4. The maximum Gasteiger partial charge on any atom is 0.123 e. The quantitative estimate of drug-likeness (QED) is 0.180. The molecule has 0 heterocycles. The van der Waals surface area contributed by atoms with E-state index in [1.165, 1.54) is 49.7 Å². The molecule has 31 heavy (non-hydrogen) atoms. The Bertz CT molecular complexity index is 1100. The summed E-state index contributed by atoms with van der Waals surface area (Å²) in [5.41, 5.74) is 6.78. The highest BCUT2D eigenvalue weighted by Crippen LogP contribution is 2.34. The first kappa shape index (κ1) is 23.8. The zero-order valence-electron chi connectivity index (χ0n) is 15.9. The average Bonchev–Trinajstić information content (AvgIpc) is 2.73. The number of halogens is 6. The lowest BCUT2D eigenvalue weighted by Crippen LogP contribution is -2.01. The largest absolute Gasteiger partial charge is 0.207 e. The summed E-state index contributed by atoms with van der Waals surface area (Å²) in [6, 6.07) is 21.9. The number of hydrogen-bond acceptors (Lipinski definition) is 0. The minimum Gasteiger partial charge on any atom is -0.207 e. The fourth-order valence-electron chi connectivity index (χ4n) is 3.34. The highest BCUT2D eigenvalue weighted by atomic mass is 127. The lowest BCUT2D eigenvalue weighted by molar-refractivity contribution is 0.627. The van der Waals surface area contributed by atoms with Crippen LogP contribution >= 0.6 is 90.4 Å². The molecule has 0 unspecified atom stereocenters. The predicted octanol–water partition coefficient (Wildman–Crippen LogP) is 9.31. The first-order valence-electron chi connectivity index (χ1n) is 9.29. The zero-order valence-corrected chi connectivity index (χ0v) is 24.5. The van der Waals surface area contributed by atoms with Crippen molar-refractivity contribution in [3.8, 4) is 22.3 Å². The van der Waals surface area contributed by atoms with Crippen LogP contribution in [0.25, 0.3) is 22.3 Å². The fourth-order valence-corrected chi connectivity index (χ4v) is 7.64. The van der Waals surface area contributed by atoms with Gasteiger partial charge in [-0.25, -0.2) is 8.78 Å². The minimum absolute atomic E-state index is 0.224. The molecule has 0 saturated heterocycles. The Morgan fingerprint density at radius 2 is 0.742 bits per heavy atom. The normalized spacial score (nSPS) is 11.0. The smallest absolute Gasteiger partial charge is 0.123 e. The first-order valence-corrected chi connectivity index (χ1v) is 13.6. The highest BCUT2D eigenvalue weighted by Gasteiger charge is 2.15. The Hall–Kier alpha value is -0.340. The molecule has 0 N–H and O–H groups in total. The molecule has 0 nitrogen and oxygen atoms in total. The summed E-state index contributed by atoms with van der Waals surface area (Å²) in [5, 5.41) is 0. The molecule has 0 atom stereocenters. The van der Waals surface area contributed by atoms with Crippen molar-refractivity contribution >= 4 is 90.4 Å². The van der Waals surface area contributed by atoms with E-state index < -0.39 is 0 Å². The maximum atomic E-state index is 13.3. The summed E-state index contributed by atoms with van der Waals surface area (Å²) in [4.78, 5) is 0. The van der Waals surface area contributed by atoms with Gasteiger partial charge < -0.3 is 0 Å². The van der Waals surface area contributed by atoms with Crippen LogP contribution in [0.15, 0.2) is 72.8 Å². The molecular weight excluding hydrogens is 846 g/mol. The molecule has 0 aliphatic carbocycles. The van der Waals surface area contributed by atoms with Crippen LogP contribution in [0.1, 0.15) is 11.1 Å². The van der Waals surface area contributed by atoms with Crippen LogP contribution in [0.4, 0.5) is 8.78 Å². The molecule has 0 aliphatic heterocycles. The van der Waals surface area contributed by atoms with Crippen molar-refractivity contribution in [3.05, 3.63) is 110 Å². The molecule has 0 fully saturated rings. The molecule has 0 saturated carbocycles. The van der Waals surface area contributed by atoms with Gasteiger partial charge in [-0.15, -0.1) is 0 Å². The van der Waals surface area contributed by atoms with Crippen LogP contribution in [0.3, 0.4) is 0 Å². The van der Waals surface area contributed by atoms with E-state index in [2.05, 4.69) is 115 Å².